The molecule has 0 fully saturated rings. The number of sulfonamides is 1. The van der Waals surface area contributed by atoms with Gasteiger partial charge in [0.15, 0.2) is 0 Å². The van der Waals surface area contributed by atoms with Crippen LogP contribution in [-0.4, -0.2) is 25.4 Å². The molecule has 2 heterocycles. The number of hydrogen-bond donors (Lipinski definition) is 2. The molecule has 0 radical (unpaired) electrons. The van der Waals surface area contributed by atoms with Crippen molar-refractivity contribution >= 4 is 21.7 Å². The summed E-state index contributed by atoms with van der Waals surface area (Å²) in [5.74, 6) is 0.811. The van der Waals surface area contributed by atoms with Gasteiger partial charge in [-0.2, -0.15) is 0 Å². The zero-order valence-electron chi connectivity index (χ0n) is 10.6. The monoisotopic (exact) mass is 278 g/mol. The number of nitrogens with zero attached hydrogens (tertiary/aromatic N) is 2. The smallest absolute Gasteiger partial charge is 0.263 e. The molecule has 2 aromatic heterocycles. The Morgan fingerprint density at radius 1 is 1.16 bits per heavy atom. The highest BCUT2D eigenvalue weighted by Crippen LogP contribution is 2.18. The van der Waals surface area contributed by atoms with Crippen molar-refractivity contribution in [3.05, 3.63) is 42.2 Å². The van der Waals surface area contributed by atoms with Crippen molar-refractivity contribution in [1.82, 2.24) is 9.97 Å². The van der Waals surface area contributed by atoms with Gasteiger partial charge >= 0.3 is 0 Å². The van der Waals surface area contributed by atoms with Crippen molar-refractivity contribution in [2.45, 2.75) is 11.8 Å². The van der Waals surface area contributed by atoms with E-state index in [0.29, 0.717) is 11.6 Å². The second-order valence-corrected chi connectivity index (χ2v) is 5.58. The van der Waals surface area contributed by atoms with Gasteiger partial charge in [-0.1, -0.05) is 6.07 Å². The van der Waals surface area contributed by atoms with E-state index in [1.54, 1.807) is 26.1 Å². The van der Waals surface area contributed by atoms with Gasteiger partial charge in [0.25, 0.3) is 10.0 Å². The lowest BCUT2D eigenvalue weighted by Gasteiger charge is -2.09. The van der Waals surface area contributed by atoms with Crippen LogP contribution in [0.5, 0.6) is 0 Å². The van der Waals surface area contributed by atoms with E-state index >= 15 is 0 Å². The maximum absolute atomic E-state index is 12.2. The molecule has 2 aromatic rings. The summed E-state index contributed by atoms with van der Waals surface area (Å²) in [6.45, 7) is 1.79. The normalized spacial score (nSPS) is 11.1. The van der Waals surface area contributed by atoms with E-state index in [-0.39, 0.29) is 4.90 Å². The van der Waals surface area contributed by atoms with Crippen molar-refractivity contribution in [1.29, 1.82) is 0 Å². The standard InChI is InChI=1S/C12H14N4O2S/c1-9-4-3-6-15-12(9)16-19(17,18)10-5-7-14-11(8-10)13-2/h3-8H,1-2H3,(H,13,14)(H,15,16). The van der Waals surface area contributed by atoms with Crippen molar-refractivity contribution in [3.63, 3.8) is 0 Å². The molecule has 6 nitrogen and oxygen atoms in total. The first kappa shape index (κ1) is 13.3. The Morgan fingerprint density at radius 3 is 2.63 bits per heavy atom. The predicted octanol–water partition coefficient (Wildman–Crippen LogP) is 1.63. The van der Waals surface area contributed by atoms with Gasteiger partial charge in [-0.05, 0) is 24.6 Å². The quantitative estimate of drug-likeness (QED) is 0.888. The fraction of sp³-hybridized carbons (Fsp3) is 0.167. The fourth-order valence-electron chi connectivity index (χ4n) is 1.49. The minimum atomic E-state index is -3.66. The average Bonchev–Trinajstić information content (AvgIpc) is 2.41. The van der Waals surface area contributed by atoms with Crippen molar-refractivity contribution < 1.29 is 8.42 Å². The number of anilines is 2. The molecule has 0 aromatic carbocycles. The SMILES string of the molecule is CNc1cc(S(=O)(=O)Nc2ncccc2C)ccn1. The molecule has 0 aliphatic rings. The zero-order valence-corrected chi connectivity index (χ0v) is 11.4. The van der Waals surface area contributed by atoms with Crippen LogP contribution in [-0.2, 0) is 10.0 Å². The number of pyridine rings is 2. The maximum Gasteiger partial charge on any atom is 0.263 e. The molecule has 0 unspecified atom stereocenters. The number of nitrogens with one attached hydrogen (secondary N) is 2. The first-order chi connectivity index (χ1) is 9.03. The van der Waals surface area contributed by atoms with Gasteiger partial charge in [-0.25, -0.2) is 18.4 Å². The van der Waals surface area contributed by atoms with Crippen LogP contribution < -0.4 is 10.0 Å². The minimum Gasteiger partial charge on any atom is -0.373 e. The summed E-state index contributed by atoms with van der Waals surface area (Å²) in [6.07, 6.45) is 2.97. The Bertz CT molecular complexity index is 686. The second-order valence-electron chi connectivity index (χ2n) is 3.90. The van der Waals surface area contributed by atoms with E-state index in [9.17, 15) is 8.42 Å². The van der Waals surface area contributed by atoms with E-state index in [0.717, 1.165) is 5.56 Å². The molecule has 0 spiro atoms. The third-order valence-electron chi connectivity index (χ3n) is 2.54. The molecule has 0 saturated heterocycles. The Morgan fingerprint density at radius 2 is 1.95 bits per heavy atom. The summed E-state index contributed by atoms with van der Waals surface area (Å²) < 4.78 is 26.9. The Labute approximate surface area is 112 Å². The molecule has 19 heavy (non-hydrogen) atoms. The fourth-order valence-corrected chi connectivity index (χ4v) is 2.59. The van der Waals surface area contributed by atoms with Gasteiger partial charge in [0, 0.05) is 25.5 Å². The summed E-state index contributed by atoms with van der Waals surface area (Å²) in [4.78, 5) is 8.12. The van der Waals surface area contributed by atoms with Crippen LogP contribution in [0.2, 0.25) is 0 Å². The molecule has 0 bridgehead atoms. The Kier molecular flexibility index (Phi) is 3.66. The lowest BCUT2D eigenvalue weighted by molar-refractivity contribution is 0.601. The van der Waals surface area contributed by atoms with E-state index in [4.69, 9.17) is 0 Å². The largest absolute Gasteiger partial charge is 0.373 e. The molecule has 0 amide bonds. The average molecular weight is 278 g/mol. The first-order valence-corrected chi connectivity index (χ1v) is 7.09. The lowest BCUT2D eigenvalue weighted by Crippen LogP contribution is -2.15. The van der Waals surface area contributed by atoms with Crippen LogP contribution in [0, 0.1) is 6.92 Å². The molecule has 2 rings (SSSR count). The molecule has 0 saturated carbocycles. The topological polar surface area (TPSA) is 84.0 Å². The number of aromatic nitrogens is 2. The second kappa shape index (κ2) is 5.23. The van der Waals surface area contributed by atoms with Gasteiger partial charge in [0.2, 0.25) is 0 Å². The third-order valence-corrected chi connectivity index (χ3v) is 3.87. The summed E-state index contributed by atoms with van der Waals surface area (Å²) >= 11 is 0. The molecule has 2 N–H and O–H groups in total. The third kappa shape index (κ3) is 3.00. The molecule has 7 heteroatoms. The van der Waals surface area contributed by atoms with Gasteiger partial charge in [0.05, 0.1) is 4.90 Å². The number of rotatable bonds is 4. The molecular weight excluding hydrogens is 264 g/mol. The highest BCUT2D eigenvalue weighted by atomic mass is 32.2. The summed E-state index contributed by atoms with van der Waals surface area (Å²) in [5.41, 5.74) is 0.758. The predicted molar refractivity (Wildman–Crippen MR) is 73.6 cm³/mol. The molecular formula is C12H14N4O2S. The lowest BCUT2D eigenvalue weighted by atomic mass is 10.3. The highest BCUT2D eigenvalue weighted by Gasteiger charge is 2.16. The van der Waals surface area contributed by atoms with E-state index < -0.39 is 10.0 Å². The van der Waals surface area contributed by atoms with E-state index in [1.165, 1.54) is 24.5 Å². The summed E-state index contributed by atoms with van der Waals surface area (Å²) in [6, 6.07) is 6.43. The van der Waals surface area contributed by atoms with Crippen molar-refractivity contribution in [3.8, 4) is 0 Å². The highest BCUT2D eigenvalue weighted by molar-refractivity contribution is 7.92. The Balaban J connectivity index is 2.35. The van der Waals surface area contributed by atoms with Crippen LogP contribution >= 0.6 is 0 Å². The van der Waals surface area contributed by atoms with Crippen molar-refractivity contribution in [2.24, 2.45) is 0 Å². The van der Waals surface area contributed by atoms with Crippen LogP contribution in [0.4, 0.5) is 11.6 Å². The van der Waals surface area contributed by atoms with Gasteiger partial charge in [-0.3, -0.25) is 4.72 Å². The number of hydrogen-bond acceptors (Lipinski definition) is 5. The minimum absolute atomic E-state index is 0.136. The van der Waals surface area contributed by atoms with Crippen LogP contribution in [0.15, 0.2) is 41.6 Å². The maximum atomic E-state index is 12.2. The van der Waals surface area contributed by atoms with Crippen LogP contribution in [0.25, 0.3) is 0 Å². The van der Waals surface area contributed by atoms with Crippen LogP contribution in [0.3, 0.4) is 0 Å². The summed E-state index contributed by atoms with van der Waals surface area (Å²) in [7, 11) is -1.99. The molecule has 0 aliphatic heterocycles. The molecule has 100 valence electrons. The van der Waals surface area contributed by atoms with E-state index in [1.807, 2.05) is 0 Å². The first-order valence-electron chi connectivity index (χ1n) is 5.61. The van der Waals surface area contributed by atoms with Crippen LogP contribution in [0.1, 0.15) is 5.56 Å². The van der Waals surface area contributed by atoms with E-state index in [2.05, 4.69) is 20.0 Å². The van der Waals surface area contributed by atoms with Crippen molar-refractivity contribution in [2.75, 3.05) is 17.1 Å². The Hall–Kier alpha value is -2.15. The number of aryl methyl sites for hydroxylation is 1. The summed E-state index contributed by atoms with van der Waals surface area (Å²) in [5, 5.41) is 2.80. The van der Waals surface area contributed by atoms with Gasteiger partial charge in [0.1, 0.15) is 11.6 Å². The van der Waals surface area contributed by atoms with Gasteiger partial charge in [-0.15, -0.1) is 0 Å². The molecule has 0 atom stereocenters. The zero-order chi connectivity index (χ0) is 13.9. The van der Waals surface area contributed by atoms with Gasteiger partial charge < -0.3 is 5.32 Å². The molecule has 0 aliphatic carbocycles.